The highest BCUT2D eigenvalue weighted by Gasteiger charge is 2.26. The first-order chi connectivity index (χ1) is 8.34. The predicted octanol–water partition coefficient (Wildman–Crippen LogP) is 1.47. The van der Waals surface area contributed by atoms with Gasteiger partial charge in [-0.3, -0.25) is 4.90 Å². The van der Waals surface area contributed by atoms with Crippen LogP contribution in [0.25, 0.3) is 0 Å². The largest absolute Gasteiger partial charge is 0.379 e. The molecule has 3 nitrogen and oxygen atoms in total. The van der Waals surface area contributed by atoms with E-state index in [9.17, 15) is 0 Å². The van der Waals surface area contributed by atoms with Crippen LogP contribution in [0.2, 0.25) is 0 Å². The van der Waals surface area contributed by atoms with Crippen molar-refractivity contribution in [3.05, 3.63) is 34.9 Å². The average Bonchev–Trinajstić information content (AvgIpc) is 2.39. The number of nitrogens with zero attached hydrogens (tertiary/aromatic N) is 1. The zero-order chi connectivity index (χ0) is 11.7. The summed E-state index contributed by atoms with van der Waals surface area (Å²) in [7, 11) is 0. The molecule has 17 heavy (non-hydrogen) atoms. The van der Waals surface area contributed by atoms with Gasteiger partial charge in [0.25, 0.3) is 0 Å². The third-order valence-corrected chi connectivity index (χ3v) is 3.80. The second-order valence-electron chi connectivity index (χ2n) is 5.00. The van der Waals surface area contributed by atoms with Gasteiger partial charge in [-0.2, -0.15) is 0 Å². The summed E-state index contributed by atoms with van der Waals surface area (Å²) in [6, 6.07) is 7.39. The molecule has 3 rings (SSSR count). The van der Waals surface area contributed by atoms with Crippen molar-refractivity contribution < 1.29 is 4.74 Å². The Kier molecular flexibility index (Phi) is 3.14. The summed E-state index contributed by atoms with van der Waals surface area (Å²) in [4.78, 5) is 2.55. The van der Waals surface area contributed by atoms with E-state index in [2.05, 4.69) is 35.3 Å². The Balaban J connectivity index is 1.88. The third kappa shape index (κ3) is 2.23. The first-order valence-electron chi connectivity index (χ1n) is 6.46. The molecule has 3 heteroatoms. The van der Waals surface area contributed by atoms with Gasteiger partial charge in [-0.1, -0.05) is 23.8 Å². The maximum atomic E-state index is 5.44. The fourth-order valence-electron chi connectivity index (χ4n) is 2.88. The van der Waals surface area contributed by atoms with Gasteiger partial charge in [-0.25, -0.2) is 0 Å². The molecule has 0 aliphatic carbocycles. The number of nitrogens with one attached hydrogen (secondary N) is 1. The van der Waals surface area contributed by atoms with E-state index in [0.29, 0.717) is 6.04 Å². The second-order valence-corrected chi connectivity index (χ2v) is 5.00. The van der Waals surface area contributed by atoms with E-state index >= 15 is 0 Å². The number of fused-ring (bicyclic) bond motifs is 1. The lowest BCUT2D eigenvalue weighted by atomic mass is 9.94. The minimum atomic E-state index is 0.531. The quantitative estimate of drug-likeness (QED) is 0.793. The molecule has 1 fully saturated rings. The Labute approximate surface area is 103 Å². The standard InChI is InChI=1S/C14H20N2O/c1-11-2-3-13-12(8-11)9-15-10-14(13)16-4-6-17-7-5-16/h2-3,8,14-15H,4-7,9-10H2,1H3/t14-/m0/s1. The minimum Gasteiger partial charge on any atom is -0.379 e. The van der Waals surface area contributed by atoms with Gasteiger partial charge in [0.15, 0.2) is 0 Å². The number of aryl methyl sites for hydroxylation is 1. The number of hydrogen-bond acceptors (Lipinski definition) is 3. The van der Waals surface area contributed by atoms with E-state index in [4.69, 9.17) is 4.74 Å². The Bertz CT molecular complexity index is 399. The number of morpholine rings is 1. The molecule has 2 aliphatic rings. The van der Waals surface area contributed by atoms with Crippen molar-refractivity contribution in [2.75, 3.05) is 32.8 Å². The minimum absolute atomic E-state index is 0.531. The molecular formula is C14H20N2O. The van der Waals surface area contributed by atoms with Crippen molar-refractivity contribution >= 4 is 0 Å². The summed E-state index contributed by atoms with van der Waals surface area (Å²) in [5, 5.41) is 3.53. The monoisotopic (exact) mass is 232 g/mol. The number of benzene rings is 1. The second kappa shape index (κ2) is 4.77. The van der Waals surface area contributed by atoms with Gasteiger partial charge < -0.3 is 10.1 Å². The molecule has 1 atom stereocenters. The summed E-state index contributed by atoms with van der Waals surface area (Å²) < 4.78 is 5.44. The van der Waals surface area contributed by atoms with Crippen molar-refractivity contribution in [1.29, 1.82) is 0 Å². The molecular weight excluding hydrogens is 212 g/mol. The van der Waals surface area contributed by atoms with Crippen LogP contribution in [0.15, 0.2) is 18.2 Å². The predicted molar refractivity (Wildman–Crippen MR) is 68.0 cm³/mol. The van der Waals surface area contributed by atoms with E-state index in [1.807, 2.05) is 0 Å². The molecule has 1 aromatic rings. The van der Waals surface area contributed by atoms with Gasteiger partial charge in [0.2, 0.25) is 0 Å². The Morgan fingerprint density at radius 3 is 2.94 bits per heavy atom. The molecule has 0 unspecified atom stereocenters. The first kappa shape index (κ1) is 11.2. The first-order valence-corrected chi connectivity index (χ1v) is 6.46. The zero-order valence-electron chi connectivity index (χ0n) is 10.4. The van der Waals surface area contributed by atoms with Crippen molar-refractivity contribution in [2.45, 2.75) is 19.5 Å². The molecule has 2 aliphatic heterocycles. The molecule has 0 bridgehead atoms. The van der Waals surface area contributed by atoms with Crippen LogP contribution < -0.4 is 5.32 Å². The lowest BCUT2D eigenvalue weighted by molar-refractivity contribution is 0.0146. The number of hydrogen-bond donors (Lipinski definition) is 1. The van der Waals surface area contributed by atoms with Gasteiger partial charge in [0.05, 0.1) is 13.2 Å². The molecule has 0 saturated carbocycles. The molecule has 1 aromatic carbocycles. The Morgan fingerprint density at radius 2 is 2.12 bits per heavy atom. The van der Waals surface area contributed by atoms with E-state index < -0.39 is 0 Å². The Morgan fingerprint density at radius 1 is 1.29 bits per heavy atom. The third-order valence-electron chi connectivity index (χ3n) is 3.80. The van der Waals surface area contributed by atoms with Crippen molar-refractivity contribution in [3.8, 4) is 0 Å². The van der Waals surface area contributed by atoms with Crippen LogP contribution in [0.3, 0.4) is 0 Å². The number of ether oxygens (including phenoxy) is 1. The van der Waals surface area contributed by atoms with Crippen LogP contribution in [0, 0.1) is 6.92 Å². The summed E-state index contributed by atoms with van der Waals surface area (Å²) in [6.07, 6.45) is 0. The van der Waals surface area contributed by atoms with Gasteiger partial charge in [0.1, 0.15) is 0 Å². The van der Waals surface area contributed by atoms with Crippen molar-refractivity contribution in [3.63, 3.8) is 0 Å². The molecule has 0 spiro atoms. The summed E-state index contributed by atoms with van der Waals surface area (Å²) in [5.74, 6) is 0. The van der Waals surface area contributed by atoms with Crippen LogP contribution in [0.5, 0.6) is 0 Å². The van der Waals surface area contributed by atoms with E-state index in [1.165, 1.54) is 16.7 Å². The lowest BCUT2D eigenvalue weighted by Gasteiger charge is -2.38. The molecule has 92 valence electrons. The summed E-state index contributed by atoms with van der Waals surface area (Å²) >= 11 is 0. The Hall–Kier alpha value is -0.900. The molecule has 0 amide bonds. The summed E-state index contributed by atoms with van der Waals surface area (Å²) in [5.41, 5.74) is 4.33. The van der Waals surface area contributed by atoms with Crippen LogP contribution in [-0.2, 0) is 11.3 Å². The van der Waals surface area contributed by atoms with Gasteiger partial charge in [0, 0.05) is 32.2 Å². The van der Waals surface area contributed by atoms with Crippen molar-refractivity contribution in [2.24, 2.45) is 0 Å². The normalized spacial score (nSPS) is 25.6. The van der Waals surface area contributed by atoms with Crippen LogP contribution in [0.1, 0.15) is 22.7 Å². The highest BCUT2D eigenvalue weighted by Crippen LogP contribution is 2.28. The molecule has 0 aromatic heterocycles. The van der Waals surface area contributed by atoms with Gasteiger partial charge >= 0.3 is 0 Å². The molecule has 0 radical (unpaired) electrons. The van der Waals surface area contributed by atoms with Crippen LogP contribution in [0.4, 0.5) is 0 Å². The average molecular weight is 232 g/mol. The highest BCUT2D eigenvalue weighted by atomic mass is 16.5. The molecule has 1 N–H and O–H groups in total. The zero-order valence-corrected chi connectivity index (χ0v) is 10.4. The van der Waals surface area contributed by atoms with E-state index in [-0.39, 0.29) is 0 Å². The van der Waals surface area contributed by atoms with E-state index in [0.717, 1.165) is 39.4 Å². The number of rotatable bonds is 1. The maximum absolute atomic E-state index is 5.44. The van der Waals surface area contributed by atoms with Crippen molar-refractivity contribution in [1.82, 2.24) is 10.2 Å². The van der Waals surface area contributed by atoms with Gasteiger partial charge in [-0.15, -0.1) is 0 Å². The highest BCUT2D eigenvalue weighted by molar-refractivity contribution is 5.35. The van der Waals surface area contributed by atoms with Gasteiger partial charge in [-0.05, 0) is 18.1 Å². The summed E-state index contributed by atoms with van der Waals surface area (Å²) in [6.45, 7) is 8.10. The fraction of sp³-hybridized carbons (Fsp3) is 0.571. The lowest BCUT2D eigenvalue weighted by Crippen LogP contribution is -2.45. The topological polar surface area (TPSA) is 24.5 Å². The molecule has 2 heterocycles. The SMILES string of the molecule is Cc1ccc2c(c1)CNC[C@@H]2N1CCOCC1. The fourth-order valence-corrected chi connectivity index (χ4v) is 2.88. The molecule has 1 saturated heterocycles. The smallest absolute Gasteiger partial charge is 0.0594 e. The van der Waals surface area contributed by atoms with Crippen LogP contribution >= 0.6 is 0 Å². The van der Waals surface area contributed by atoms with Crippen LogP contribution in [-0.4, -0.2) is 37.7 Å². The maximum Gasteiger partial charge on any atom is 0.0594 e. The van der Waals surface area contributed by atoms with E-state index in [1.54, 1.807) is 0 Å².